The van der Waals surface area contributed by atoms with E-state index in [1.807, 2.05) is 50.3 Å². The van der Waals surface area contributed by atoms with E-state index in [0.717, 1.165) is 22.3 Å². The SMILES string of the molecule is CCOC(=O)c1cnc(N(C)Cc2cc(OC)cc(C(=O)Nc3ccc(Cl)c(-c4nc5cc(N(C)C)ccc5[nH]4)c3)c2)nc1. The van der Waals surface area contributed by atoms with Crippen molar-refractivity contribution in [1.29, 1.82) is 0 Å². The number of amides is 1. The van der Waals surface area contributed by atoms with Gasteiger partial charge in [0.1, 0.15) is 11.6 Å². The van der Waals surface area contributed by atoms with E-state index in [0.29, 0.717) is 45.9 Å². The fourth-order valence-corrected chi connectivity index (χ4v) is 4.78. The molecule has 0 atom stereocenters. The number of anilines is 3. The van der Waals surface area contributed by atoms with E-state index < -0.39 is 5.97 Å². The summed E-state index contributed by atoms with van der Waals surface area (Å²) in [6.07, 6.45) is 2.85. The summed E-state index contributed by atoms with van der Waals surface area (Å²) in [4.78, 5) is 45.8. The van der Waals surface area contributed by atoms with E-state index in [1.54, 1.807) is 49.3 Å². The van der Waals surface area contributed by atoms with Crippen LogP contribution in [-0.2, 0) is 11.3 Å². The lowest BCUT2D eigenvalue weighted by Crippen LogP contribution is -2.20. The Morgan fingerprint density at radius 3 is 2.45 bits per heavy atom. The van der Waals surface area contributed by atoms with Gasteiger partial charge < -0.3 is 29.6 Å². The van der Waals surface area contributed by atoms with Crippen molar-refractivity contribution >= 4 is 51.8 Å². The molecule has 11 nitrogen and oxygen atoms in total. The normalized spacial score (nSPS) is 10.9. The summed E-state index contributed by atoms with van der Waals surface area (Å²) in [5.41, 5.74) is 5.42. The first-order valence-electron chi connectivity index (χ1n) is 13.8. The molecule has 0 spiro atoms. The highest BCUT2D eigenvalue weighted by atomic mass is 35.5. The van der Waals surface area contributed by atoms with E-state index in [4.69, 9.17) is 26.1 Å². The molecule has 2 N–H and O–H groups in total. The number of aromatic nitrogens is 4. The monoisotopic (exact) mass is 613 g/mol. The average Bonchev–Trinajstić information content (AvgIpc) is 3.45. The lowest BCUT2D eigenvalue weighted by Gasteiger charge is -2.18. The minimum atomic E-state index is -0.478. The summed E-state index contributed by atoms with van der Waals surface area (Å²) in [5.74, 6) is 0.728. The Labute approximate surface area is 259 Å². The van der Waals surface area contributed by atoms with Crippen LogP contribution in [0.4, 0.5) is 17.3 Å². The number of rotatable bonds is 10. The molecular formula is C32H32ClN7O4. The van der Waals surface area contributed by atoms with Crippen LogP contribution >= 0.6 is 11.6 Å². The number of benzene rings is 3. The number of carbonyl (C=O) groups excluding carboxylic acids is 2. The van der Waals surface area contributed by atoms with Crippen molar-refractivity contribution in [1.82, 2.24) is 19.9 Å². The molecule has 5 aromatic rings. The second-order valence-electron chi connectivity index (χ2n) is 10.2. The van der Waals surface area contributed by atoms with Crippen LogP contribution in [0.2, 0.25) is 5.02 Å². The fourth-order valence-electron chi connectivity index (χ4n) is 4.57. The molecule has 5 rings (SSSR count). The highest BCUT2D eigenvalue weighted by Gasteiger charge is 2.16. The van der Waals surface area contributed by atoms with Crippen LogP contribution in [0.1, 0.15) is 33.2 Å². The van der Waals surface area contributed by atoms with Crippen LogP contribution in [0.15, 0.2) is 67.0 Å². The molecular weight excluding hydrogens is 582 g/mol. The van der Waals surface area contributed by atoms with E-state index in [2.05, 4.69) is 20.3 Å². The van der Waals surface area contributed by atoms with Crippen LogP contribution in [0.25, 0.3) is 22.4 Å². The van der Waals surface area contributed by atoms with Gasteiger partial charge in [0.25, 0.3) is 5.91 Å². The fraction of sp³-hybridized carbons (Fsp3) is 0.219. The van der Waals surface area contributed by atoms with Crippen LogP contribution in [0, 0.1) is 0 Å². The second-order valence-corrected chi connectivity index (χ2v) is 10.7. The molecule has 12 heteroatoms. The maximum Gasteiger partial charge on any atom is 0.341 e. The quantitative estimate of drug-likeness (QED) is 0.188. The zero-order valence-electron chi connectivity index (χ0n) is 25.0. The minimum Gasteiger partial charge on any atom is -0.497 e. The van der Waals surface area contributed by atoms with Crippen LogP contribution < -0.4 is 19.9 Å². The molecule has 0 saturated heterocycles. The lowest BCUT2D eigenvalue weighted by molar-refractivity contribution is 0.0525. The van der Waals surface area contributed by atoms with Crippen molar-refractivity contribution in [3.8, 4) is 17.1 Å². The van der Waals surface area contributed by atoms with Gasteiger partial charge in [0.15, 0.2) is 0 Å². The number of halogens is 1. The van der Waals surface area contributed by atoms with Gasteiger partial charge in [-0.3, -0.25) is 4.79 Å². The highest BCUT2D eigenvalue weighted by Crippen LogP contribution is 2.31. The van der Waals surface area contributed by atoms with Gasteiger partial charge in [-0.2, -0.15) is 0 Å². The number of esters is 1. The summed E-state index contributed by atoms with van der Waals surface area (Å²) in [6.45, 7) is 2.38. The van der Waals surface area contributed by atoms with Gasteiger partial charge >= 0.3 is 5.97 Å². The van der Waals surface area contributed by atoms with E-state index in [1.165, 1.54) is 12.4 Å². The number of aromatic amines is 1. The number of fused-ring (bicyclic) bond motifs is 1. The van der Waals surface area contributed by atoms with Gasteiger partial charge in [-0.25, -0.2) is 19.7 Å². The first kappa shape index (κ1) is 30.3. The third-order valence-electron chi connectivity index (χ3n) is 6.84. The molecule has 0 unspecified atom stereocenters. The van der Waals surface area contributed by atoms with E-state index in [9.17, 15) is 9.59 Å². The van der Waals surface area contributed by atoms with Crippen molar-refractivity contribution in [2.75, 3.05) is 50.0 Å². The summed E-state index contributed by atoms with van der Waals surface area (Å²) in [5, 5.41) is 3.46. The number of hydrogen-bond acceptors (Lipinski definition) is 9. The topological polar surface area (TPSA) is 126 Å². The number of ether oxygens (including phenoxy) is 2. The van der Waals surface area contributed by atoms with Gasteiger partial charge in [0, 0.05) is 62.6 Å². The zero-order valence-corrected chi connectivity index (χ0v) is 25.8. The molecule has 0 aliphatic rings. The predicted molar refractivity (Wildman–Crippen MR) is 172 cm³/mol. The molecule has 2 heterocycles. The lowest BCUT2D eigenvalue weighted by atomic mass is 10.1. The van der Waals surface area contributed by atoms with Crippen molar-refractivity contribution in [2.45, 2.75) is 13.5 Å². The first-order chi connectivity index (χ1) is 21.1. The van der Waals surface area contributed by atoms with Crippen LogP contribution in [0.3, 0.4) is 0 Å². The minimum absolute atomic E-state index is 0.269. The Morgan fingerprint density at radius 1 is 0.977 bits per heavy atom. The highest BCUT2D eigenvalue weighted by molar-refractivity contribution is 6.33. The standard InChI is InChI=1S/C32H32ClN7O4/c1-6-44-31(42)21-16-34-32(35-17-21)40(4)18-19-11-20(13-24(12-19)43-5)30(41)36-22-7-9-26(33)25(14-22)29-37-27-10-8-23(39(2)3)15-28(27)38-29/h7-17H,6,18H2,1-5H3,(H,36,41)(H,37,38). The molecule has 2 aromatic heterocycles. The Hall–Kier alpha value is -5.16. The molecule has 44 heavy (non-hydrogen) atoms. The van der Waals surface area contributed by atoms with Gasteiger partial charge in [-0.15, -0.1) is 0 Å². The number of methoxy groups -OCH3 is 1. The number of carbonyl (C=O) groups is 2. The maximum atomic E-state index is 13.4. The molecule has 0 fully saturated rings. The number of hydrogen-bond donors (Lipinski definition) is 2. The van der Waals surface area contributed by atoms with Crippen molar-refractivity contribution < 1.29 is 19.1 Å². The molecule has 3 aromatic carbocycles. The van der Waals surface area contributed by atoms with E-state index >= 15 is 0 Å². The van der Waals surface area contributed by atoms with Gasteiger partial charge in [-0.05, 0) is 67.1 Å². The van der Waals surface area contributed by atoms with Crippen LogP contribution in [-0.4, -0.2) is 66.7 Å². The zero-order chi connectivity index (χ0) is 31.4. The molecule has 0 aliphatic carbocycles. The number of H-pyrrole nitrogens is 1. The molecule has 0 saturated carbocycles. The Balaban J connectivity index is 1.34. The first-order valence-corrected chi connectivity index (χ1v) is 14.2. The molecule has 0 aliphatic heterocycles. The predicted octanol–water partition coefficient (Wildman–Crippen LogP) is 5.81. The van der Waals surface area contributed by atoms with Crippen molar-refractivity contribution in [2.24, 2.45) is 0 Å². The summed E-state index contributed by atoms with van der Waals surface area (Å²) < 4.78 is 10.5. The van der Waals surface area contributed by atoms with Gasteiger partial charge in [0.05, 0.1) is 35.3 Å². The number of nitrogens with zero attached hydrogens (tertiary/aromatic N) is 5. The summed E-state index contributed by atoms with van der Waals surface area (Å²) >= 11 is 6.56. The Kier molecular flexibility index (Phi) is 8.96. The Morgan fingerprint density at radius 2 is 1.75 bits per heavy atom. The number of nitrogens with one attached hydrogen (secondary N) is 2. The van der Waals surface area contributed by atoms with Gasteiger partial charge in [0.2, 0.25) is 5.95 Å². The number of imidazole rings is 1. The van der Waals surface area contributed by atoms with Gasteiger partial charge in [-0.1, -0.05) is 11.6 Å². The molecule has 0 radical (unpaired) electrons. The summed E-state index contributed by atoms with van der Waals surface area (Å²) in [6, 6.07) is 16.5. The van der Waals surface area contributed by atoms with Crippen LogP contribution in [0.5, 0.6) is 5.75 Å². The third-order valence-corrected chi connectivity index (χ3v) is 7.17. The molecule has 226 valence electrons. The second kappa shape index (κ2) is 13.0. The third kappa shape index (κ3) is 6.73. The maximum absolute atomic E-state index is 13.4. The summed E-state index contributed by atoms with van der Waals surface area (Å²) in [7, 11) is 7.31. The molecule has 0 bridgehead atoms. The largest absolute Gasteiger partial charge is 0.497 e. The smallest absolute Gasteiger partial charge is 0.341 e. The Bertz CT molecular complexity index is 1820. The average molecular weight is 614 g/mol. The van der Waals surface area contributed by atoms with Crippen molar-refractivity contribution in [3.63, 3.8) is 0 Å². The molecule has 1 amide bonds. The van der Waals surface area contributed by atoms with Crippen molar-refractivity contribution in [3.05, 3.63) is 88.7 Å². The van der Waals surface area contributed by atoms with E-state index in [-0.39, 0.29) is 18.1 Å².